The van der Waals surface area contributed by atoms with Gasteiger partial charge in [-0.1, -0.05) is 6.07 Å². The third-order valence-electron chi connectivity index (χ3n) is 5.71. The highest BCUT2D eigenvalue weighted by Gasteiger charge is 2.49. The third-order valence-corrected chi connectivity index (χ3v) is 5.71. The van der Waals surface area contributed by atoms with Gasteiger partial charge in [0, 0.05) is 6.04 Å². The number of nitrogens with two attached hydrogens (primary N) is 1. The molecule has 3 N–H and O–H groups in total. The summed E-state index contributed by atoms with van der Waals surface area (Å²) < 4.78 is 11.2. The van der Waals surface area contributed by atoms with Crippen molar-refractivity contribution < 1.29 is 14.3 Å². The van der Waals surface area contributed by atoms with Crippen molar-refractivity contribution in [1.82, 2.24) is 5.32 Å². The summed E-state index contributed by atoms with van der Waals surface area (Å²) in [6.45, 7) is 3.15. The first kappa shape index (κ1) is 14.8. The average Bonchev–Trinajstić information content (AvgIpc) is 3.15. The van der Waals surface area contributed by atoms with E-state index >= 15 is 0 Å². The monoisotopic (exact) mass is 316 g/mol. The quantitative estimate of drug-likeness (QED) is 0.894. The first-order chi connectivity index (χ1) is 11.1. The normalized spacial score (nSPS) is 32.6. The molecule has 124 valence electrons. The molecule has 5 nitrogen and oxygen atoms in total. The van der Waals surface area contributed by atoms with Gasteiger partial charge in [0.1, 0.15) is 13.2 Å². The highest BCUT2D eigenvalue weighted by atomic mass is 16.6. The number of hydrogen-bond acceptors (Lipinski definition) is 4. The molecule has 1 heterocycles. The van der Waals surface area contributed by atoms with Crippen LogP contribution in [-0.2, 0) is 4.79 Å². The molecule has 2 saturated carbocycles. The number of amides is 1. The Hall–Kier alpha value is -1.75. The molecule has 4 rings (SSSR count). The molecule has 3 aliphatic rings. The highest BCUT2D eigenvalue weighted by Crippen LogP contribution is 2.47. The van der Waals surface area contributed by atoms with Crippen LogP contribution in [0.15, 0.2) is 18.2 Å². The van der Waals surface area contributed by atoms with Crippen LogP contribution < -0.4 is 20.5 Å². The number of hydrogen-bond donors (Lipinski definition) is 2. The van der Waals surface area contributed by atoms with Crippen molar-refractivity contribution in [3.05, 3.63) is 23.8 Å². The number of benzene rings is 1. The van der Waals surface area contributed by atoms with Crippen LogP contribution in [0.25, 0.3) is 0 Å². The Labute approximate surface area is 136 Å². The first-order valence-corrected chi connectivity index (χ1v) is 8.59. The molecule has 1 aromatic rings. The molecule has 0 aromatic heterocycles. The minimum absolute atomic E-state index is 0.0200. The second-order valence-corrected chi connectivity index (χ2v) is 7.07. The van der Waals surface area contributed by atoms with Gasteiger partial charge in [0.25, 0.3) is 0 Å². The summed E-state index contributed by atoms with van der Waals surface area (Å²) in [5, 5.41) is 3.14. The molecule has 2 fully saturated rings. The molecule has 1 aliphatic heterocycles. The summed E-state index contributed by atoms with van der Waals surface area (Å²) in [5.74, 6) is 2.63. The molecule has 2 bridgehead atoms. The smallest absolute Gasteiger partial charge is 0.225 e. The molecule has 0 radical (unpaired) electrons. The Morgan fingerprint density at radius 3 is 2.70 bits per heavy atom. The highest BCUT2D eigenvalue weighted by molar-refractivity contribution is 5.81. The molecule has 1 aromatic carbocycles. The first-order valence-electron chi connectivity index (χ1n) is 8.59. The fraction of sp³-hybridized carbons (Fsp3) is 0.611. The molecule has 5 atom stereocenters. The van der Waals surface area contributed by atoms with E-state index in [1.165, 1.54) is 6.42 Å². The minimum atomic E-state index is -0.0651. The molecule has 0 spiro atoms. The molecule has 23 heavy (non-hydrogen) atoms. The minimum Gasteiger partial charge on any atom is -0.486 e. The van der Waals surface area contributed by atoms with Crippen LogP contribution in [0.5, 0.6) is 11.5 Å². The van der Waals surface area contributed by atoms with Crippen LogP contribution in [0.2, 0.25) is 0 Å². The van der Waals surface area contributed by atoms with Gasteiger partial charge in [0.15, 0.2) is 11.5 Å². The van der Waals surface area contributed by atoms with E-state index in [0.29, 0.717) is 25.0 Å². The number of fused-ring (bicyclic) bond motifs is 3. The predicted molar refractivity (Wildman–Crippen MR) is 86.3 cm³/mol. The molecular formula is C18H24N2O3. The van der Waals surface area contributed by atoms with Crippen LogP contribution in [0.4, 0.5) is 0 Å². The Kier molecular flexibility index (Phi) is 3.68. The van der Waals surface area contributed by atoms with E-state index in [1.807, 2.05) is 25.1 Å². The van der Waals surface area contributed by atoms with Crippen molar-refractivity contribution in [2.45, 2.75) is 38.3 Å². The maximum Gasteiger partial charge on any atom is 0.225 e. The summed E-state index contributed by atoms with van der Waals surface area (Å²) in [6, 6.07) is 5.82. The topological polar surface area (TPSA) is 73.6 Å². The summed E-state index contributed by atoms with van der Waals surface area (Å²) in [4.78, 5) is 12.7. The van der Waals surface area contributed by atoms with Gasteiger partial charge in [-0.05, 0) is 55.7 Å². The van der Waals surface area contributed by atoms with E-state index in [2.05, 4.69) is 5.32 Å². The number of rotatable bonds is 3. The van der Waals surface area contributed by atoms with Gasteiger partial charge in [-0.2, -0.15) is 0 Å². The van der Waals surface area contributed by atoms with Crippen molar-refractivity contribution in [3.63, 3.8) is 0 Å². The Morgan fingerprint density at radius 2 is 1.96 bits per heavy atom. The van der Waals surface area contributed by atoms with Crippen LogP contribution >= 0.6 is 0 Å². The zero-order valence-electron chi connectivity index (χ0n) is 13.5. The number of ether oxygens (including phenoxy) is 2. The summed E-state index contributed by atoms with van der Waals surface area (Å²) in [5.41, 5.74) is 7.30. The average molecular weight is 316 g/mol. The van der Waals surface area contributed by atoms with Gasteiger partial charge in [0.05, 0.1) is 12.0 Å². The maximum atomic E-state index is 12.7. The molecule has 5 heteroatoms. The predicted octanol–water partition coefficient (Wildman–Crippen LogP) is 2.01. The van der Waals surface area contributed by atoms with Gasteiger partial charge in [-0.3, -0.25) is 4.79 Å². The van der Waals surface area contributed by atoms with Gasteiger partial charge in [-0.25, -0.2) is 0 Å². The molecule has 2 aliphatic carbocycles. The molecule has 0 saturated heterocycles. The van der Waals surface area contributed by atoms with Crippen LogP contribution in [0.3, 0.4) is 0 Å². The van der Waals surface area contributed by atoms with E-state index in [4.69, 9.17) is 15.2 Å². The van der Waals surface area contributed by atoms with Gasteiger partial charge >= 0.3 is 0 Å². The fourth-order valence-electron chi connectivity index (χ4n) is 4.45. The Balaban J connectivity index is 1.45. The number of nitrogens with one attached hydrogen (secondary N) is 1. The van der Waals surface area contributed by atoms with Gasteiger partial charge in [0.2, 0.25) is 5.91 Å². The van der Waals surface area contributed by atoms with E-state index in [0.717, 1.165) is 29.9 Å². The van der Waals surface area contributed by atoms with E-state index in [9.17, 15) is 4.79 Å². The molecule has 5 unspecified atom stereocenters. The van der Waals surface area contributed by atoms with E-state index in [1.54, 1.807) is 0 Å². The van der Waals surface area contributed by atoms with Gasteiger partial charge in [-0.15, -0.1) is 0 Å². The lowest BCUT2D eigenvalue weighted by atomic mass is 9.84. The lowest BCUT2D eigenvalue weighted by Crippen LogP contribution is -2.45. The zero-order chi connectivity index (χ0) is 16.0. The van der Waals surface area contributed by atoms with Crippen molar-refractivity contribution >= 4 is 5.91 Å². The van der Waals surface area contributed by atoms with E-state index < -0.39 is 0 Å². The van der Waals surface area contributed by atoms with E-state index in [-0.39, 0.29) is 23.9 Å². The fourth-order valence-corrected chi connectivity index (χ4v) is 4.45. The second-order valence-electron chi connectivity index (χ2n) is 7.07. The van der Waals surface area contributed by atoms with Crippen LogP contribution in [-0.4, -0.2) is 25.2 Å². The Morgan fingerprint density at radius 1 is 1.22 bits per heavy atom. The SMILES string of the molecule is CC(NC(=O)C1C2CCC(C2)C1N)c1ccc2c(c1)OCCO2. The van der Waals surface area contributed by atoms with Crippen molar-refractivity contribution in [1.29, 1.82) is 0 Å². The third kappa shape index (κ3) is 2.57. The second kappa shape index (κ2) is 5.71. The van der Waals surface area contributed by atoms with Crippen molar-refractivity contribution in [2.24, 2.45) is 23.5 Å². The maximum absolute atomic E-state index is 12.7. The number of carbonyl (C=O) groups is 1. The number of carbonyl (C=O) groups excluding carboxylic acids is 1. The lowest BCUT2D eigenvalue weighted by molar-refractivity contribution is -0.127. The molecule has 1 amide bonds. The van der Waals surface area contributed by atoms with Crippen molar-refractivity contribution in [2.75, 3.05) is 13.2 Å². The largest absolute Gasteiger partial charge is 0.486 e. The van der Waals surface area contributed by atoms with Crippen LogP contribution in [0, 0.1) is 17.8 Å². The summed E-state index contributed by atoms with van der Waals surface area (Å²) >= 11 is 0. The Bertz CT molecular complexity index is 616. The van der Waals surface area contributed by atoms with Crippen molar-refractivity contribution in [3.8, 4) is 11.5 Å². The lowest BCUT2D eigenvalue weighted by Gasteiger charge is -2.28. The van der Waals surface area contributed by atoms with Gasteiger partial charge < -0.3 is 20.5 Å². The summed E-state index contributed by atoms with van der Waals surface area (Å²) in [7, 11) is 0. The zero-order valence-corrected chi connectivity index (χ0v) is 13.5. The van der Waals surface area contributed by atoms with Crippen LogP contribution in [0.1, 0.15) is 37.8 Å². The molecular weight excluding hydrogens is 292 g/mol. The standard InChI is InChI=1S/C18H24N2O3/c1-10(11-4-5-14-15(9-11)23-7-6-22-14)20-18(21)16-12-2-3-13(8-12)17(16)19/h4-5,9-10,12-13,16-17H,2-3,6-8,19H2,1H3,(H,20,21). The summed E-state index contributed by atoms with van der Waals surface area (Å²) in [6.07, 6.45) is 3.46.